The number of aromatic nitrogens is 3. The number of H-pyrrole nitrogens is 1. The van der Waals surface area contributed by atoms with Gasteiger partial charge in [-0.05, 0) is 49.6 Å². The van der Waals surface area contributed by atoms with Gasteiger partial charge >= 0.3 is 0 Å². The van der Waals surface area contributed by atoms with Crippen LogP contribution < -0.4 is 0 Å². The molecule has 1 aromatic carbocycles. The summed E-state index contributed by atoms with van der Waals surface area (Å²) in [7, 11) is 0. The number of hydrogen-bond acceptors (Lipinski definition) is 3. The molecule has 5 nitrogen and oxygen atoms in total. The molecule has 0 aliphatic carbocycles. The van der Waals surface area contributed by atoms with E-state index in [1.807, 2.05) is 12.1 Å². The third-order valence-electron chi connectivity index (χ3n) is 4.70. The van der Waals surface area contributed by atoms with Crippen molar-refractivity contribution < 1.29 is 9.18 Å². The highest BCUT2D eigenvalue weighted by atomic mass is 19.1. The monoisotopic (exact) mass is 338 g/mol. The maximum absolute atomic E-state index is 13.0. The molecular weight excluding hydrogens is 319 g/mol. The Balaban J connectivity index is 1.55. The number of piperidine rings is 1. The maximum atomic E-state index is 13.0. The Labute approximate surface area is 144 Å². The zero-order valence-corrected chi connectivity index (χ0v) is 14.0. The lowest BCUT2D eigenvalue weighted by atomic mass is 9.97. The number of benzene rings is 1. The van der Waals surface area contributed by atoms with E-state index in [0.29, 0.717) is 13.1 Å². The number of aryl methyl sites for hydroxylation is 1. The van der Waals surface area contributed by atoms with Gasteiger partial charge in [0.05, 0.1) is 17.2 Å². The van der Waals surface area contributed by atoms with E-state index >= 15 is 0 Å². The van der Waals surface area contributed by atoms with Crippen LogP contribution in [0.2, 0.25) is 0 Å². The highest BCUT2D eigenvalue weighted by Gasteiger charge is 2.28. The van der Waals surface area contributed by atoms with Crippen LogP contribution in [0.3, 0.4) is 0 Å². The smallest absolute Gasteiger partial charge is 0.272 e. The molecule has 3 heterocycles. The van der Waals surface area contributed by atoms with E-state index < -0.39 is 5.82 Å². The minimum absolute atomic E-state index is 0.156. The Bertz CT molecular complexity index is 919. The van der Waals surface area contributed by atoms with Gasteiger partial charge in [0.15, 0.2) is 0 Å². The Morgan fingerprint density at radius 3 is 3.00 bits per heavy atom. The van der Waals surface area contributed by atoms with Crippen LogP contribution in [-0.2, 0) is 0 Å². The minimum atomic E-state index is -0.439. The first kappa shape index (κ1) is 15.7. The highest BCUT2D eigenvalue weighted by molar-refractivity contribution is 5.92. The lowest BCUT2D eigenvalue weighted by molar-refractivity contribution is 0.0699. The zero-order valence-electron chi connectivity index (χ0n) is 14.0. The summed E-state index contributed by atoms with van der Waals surface area (Å²) in [5.74, 6) is 0.498. The molecule has 4 rings (SSSR count). The zero-order chi connectivity index (χ0) is 17.4. The van der Waals surface area contributed by atoms with Gasteiger partial charge in [0.25, 0.3) is 5.91 Å². The van der Waals surface area contributed by atoms with E-state index in [4.69, 9.17) is 4.98 Å². The molecule has 0 unspecified atom stereocenters. The first-order valence-corrected chi connectivity index (χ1v) is 8.47. The SMILES string of the molecule is Cc1ccc2nc([C@@H]3CCCN(C(=O)c4ccc(F)cn4)C3)[nH]c2c1. The second kappa shape index (κ2) is 6.27. The van der Waals surface area contributed by atoms with E-state index in [2.05, 4.69) is 23.0 Å². The number of rotatable bonds is 2. The van der Waals surface area contributed by atoms with Crippen LogP contribution in [-0.4, -0.2) is 38.8 Å². The van der Waals surface area contributed by atoms with Gasteiger partial charge < -0.3 is 9.88 Å². The van der Waals surface area contributed by atoms with Crippen LogP contribution in [0.5, 0.6) is 0 Å². The molecule has 2 aromatic heterocycles. The molecule has 128 valence electrons. The molecule has 3 aromatic rings. The fourth-order valence-electron chi connectivity index (χ4n) is 3.39. The number of halogens is 1. The summed E-state index contributed by atoms with van der Waals surface area (Å²) in [6.07, 6.45) is 2.98. The van der Waals surface area contributed by atoms with Gasteiger partial charge in [-0.25, -0.2) is 14.4 Å². The van der Waals surface area contributed by atoms with Crippen molar-refractivity contribution in [3.8, 4) is 0 Å². The fraction of sp³-hybridized carbons (Fsp3) is 0.316. The molecule has 1 N–H and O–H groups in total. The molecule has 0 bridgehead atoms. The number of imidazole rings is 1. The molecule has 1 saturated heterocycles. The summed E-state index contributed by atoms with van der Waals surface area (Å²) in [6.45, 7) is 3.33. The van der Waals surface area contributed by atoms with Crippen LogP contribution in [0.4, 0.5) is 4.39 Å². The summed E-state index contributed by atoms with van der Waals surface area (Å²) in [4.78, 5) is 26.4. The van der Waals surface area contributed by atoms with Crippen molar-refractivity contribution in [2.45, 2.75) is 25.7 Å². The maximum Gasteiger partial charge on any atom is 0.272 e. The number of nitrogens with zero attached hydrogens (tertiary/aromatic N) is 3. The molecule has 6 heteroatoms. The van der Waals surface area contributed by atoms with Gasteiger partial charge in [-0.15, -0.1) is 0 Å². The summed E-state index contributed by atoms with van der Waals surface area (Å²) in [5.41, 5.74) is 3.44. The lowest BCUT2D eigenvalue weighted by Crippen LogP contribution is -2.39. The van der Waals surface area contributed by atoms with Gasteiger partial charge in [0.2, 0.25) is 0 Å². The first-order valence-electron chi connectivity index (χ1n) is 8.47. The van der Waals surface area contributed by atoms with Gasteiger partial charge in [0, 0.05) is 19.0 Å². The largest absolute Gasteiger partial charge is 0.342 e. The van der Waals surface area contributed by atoms with Gasteiger partial charge in [-0.2, -0.15) is 0 Å². The number of nitrogens with one attached hydrogen (secondary N) is 1. The predicted molar refractivity (Wildman–Crippen MR) is 92.9 cm³/mol. The van der Waals surface area contributed by atoms with Gasteiger partial charge in [-0.3, -0.25) is 4.79 Å². The normalized spacial score (nSPS) is 17.8. The second-order valence-electron chi connectivity index (χ2n) is 6.59. The Morgan fingerprint density at radius 2 is 2.20 bits per heavy atom. The number of carbonyl (C=O) groups is 1. The van der Waals surface area contributed by atoms with Gasteiger partial charge in [0.1, 0.15) is 17.3 Å². The number of amides is 1. The van der Waals surface area contributed by atoms with E-state index in [-0.39, 0.29) is 17.5 Å². The molecule has 1 atom stereocenters. The highest BCUT2D eigenvalue weighted by Crippen LogP contribution is 2.27. The number of pyridine rings is 1. The molecule has 0 spiro atoms. The van der Waals surface area contributed by atoms with Crippen LogP contribution >= 0.6 is 0 Å². The topological polar surface area (TPSA) is 61.9 Å². The Hall–Kier alpha value is -2.76. The summed E-state index contributed by atoms with van der Waals surface area (Å²) < 4.78 is 13.0. The minimum Gasteiger partial charge on any atom is -0.342 e. The molecule has 0 radical (unpaired) electrons. The average Bonchev–Trinajstić information content (AvgIpc) is 3.05. The van der Waals surface area contributed by atoms with E-state index in [1.54, 1.807) is 4.90 Å². The Morgan fingerprint density at radius 1 is 1.32 bits per heavy atom. The van der Waals surface area contributed by atoms with Crippen molar-refractivity contribution in [2.24, 2.45) is 0 Å². The van der Waals surface area contributed by atoms with Crippen LogP contribution in [0.15, 0.2) is 36.5 Å². The quantitative estimate of drug-likeness (QED) is 0.779. The lowest BCUT2D eigenvalue weighted by Gasteiger charge is -2.31. The van der Waals surface area contributed by atoms with Crippen molar-refractivity contribution >= 4 is 16.9 Å². The Kier molecular flexibility index (Phi) is 3.95. The van der Waals surface area contributed by atoms with Crippen LogP contribution in [0, 0.1) is 12.7 Å². The molecule has 1 fully saturated rings. The van der Waals surface area contributed by atoms with Crippen molar-refractivity contribution in [3.05, 3.63) is 59.4 Å². The van der Waals surface area contributed by atoms with E-state index in [9.17, 15) is 9.18 Å². The van der Waals surface area contributed by atoms with Crippen molar-refractivity contribution in [2.75, 3.05) is 13.1 Å². The number of fused-ring (bicyclic) bond motifs is 1. The first-order chi connectivity index (χ1) is 12.1. The summed E-state index contributed by atoms with van der Waals surface area (Å²) in [5, 5.41) is 0. The van der Waals surface area contributed by atoms with Gasteiger partial charge in [-0.1, -0.05) is 6.07 Å². The molecule has 0 saturated carbocycles. The summed E-state index contributed by atoms with van der Waals surface area (Å²) >= 11 is 0. The van der Waals surface area contributed by atoms with Crippen molar-refractivity contribution in [1.29, 1.82) is 0 Å². The fourth-order valence-corrected chi connectivity index (χ4v) is 3.39. The number of likely N-dealkylation sites (tertiary alicyclic amines) is 1. The number of carbonyl (C=O) groups excluding carboxylic acids is 1. The molecule has 1 amide bonds. The van der Waals surface area contributed by atoms with Crippen molar-refractivity contribution in [3.63, 3.8) is 0 Å². The third kappa shape index (κ3) is 3.12. The standard InChI is InChI=1S/C19H19FN4O/c1-12-4-6-15-17(9-12)23-18(22-15)13-3-2-8-24(11-13)19(25)16-7-5-14(20)10-21-16/h4-7,9-10,13H,2-3,8,11H2,1H3,(H,22,23)/t13-/m1/s1. The predicted octanol–water partition coefficient (Wildman–Crippen LogP) is 3.43. The van der Waals surface area contributed by atoms with Crippen LogP contribution in [0.1, 0.15) is 40.6 Å². The second-order valence-corrected chi connectivity index (χ2v) is 6.59. The molecule has 1 aliphatic rings. The average molecular weight is 338 g/mol. The number of aromatic amines is 1. The van der Waals surface area contributed by atoms with Crippen LogP contribution in [0.25, 0.3) is 11.0 Å². The third-order valence-corrected chi connectivity index (χ3v) is 4.70. The van der Waals surface area contributed by atoms with E-state index in [1.165, 1.54) is 17.7 Å². The molecule has 1 aliphatic heterocycles. The molecule has 25 heavy (non-hydrogen) atoms. The van der Waals surface area contributed by atoms with E-state index in [0.717, 1.165) is 35.9 Å². The molecular formula is C19H19FN4O. The number of hydrogen-bond donors (Lipinski definition) is 1. The summed E-state index contributed by atoms with van der Waals surface area (Å²) in [6, 6.07) is 8.84. The van der Waals surface area contributed by atoms with Crippen molar-refractivity contribution in [1.82, 2.24) is 19.9 Å².